The van der Waals surface area contributed by atoms with E-state index in [1.165, 1.54) is 5.56 Å². The van der Waals surface area contributed by atoms with Crippen LogP contribution in [0.3, 0.4) is 0 Å². The molecule has 1 amide bonds. The Hall–Kier alpha value is -1.46. The lowest BCUT2D eigenvalue weighted by molar-refractivity contribution is -0.127. The van der Waals surface area contributed by atoms with Crippen LogP contribution in [0.4, 0.5) is 0 Å². The summed E-state index contributed by atoms with van der Waals surface area (Å²) in [5, 5.41) is 3.02. The smallest absolute Gasteiger partial charge is 0.223 e. The van der Waals surface area contributed by atoms with Gasteiger partial charge in [0.1, 0.15) is 0 Å². The molecule has 122 valence electrons. The maximum Gasteiger partial charge on any atom is 0.223 e. The zero-order chi connectivity index (χ0) is 15.8. The molecule has 1 heterocycles. The summed E-state index contributed by atoms with van der Waals surface area (Å²) in [6, 6.07) is 3.91. The highest BCUT2D eigenvalue weighted by molar-refractivity contribution is 5.78. The van der Waals surface area contributed by atoms with Crippen molar-refractivity contribution in [1.82, 2.24) is 10.3 Å². The van der Waals surface area contributed by atoms with Crippen molar-refractivity contribution in [2.24, 2.45) is 11.7 Å². The van der Waals surface area contributed by atoms with Crippen LogP contribution in [0.25, 0.3) is 0 Å². The monoisotopic (exact) mass is 305 g/mol. The standard InChI is InChI=1S/C17H27N3O2/c1-2-11-22-16-4-3-14(12-15(16)18)17(21)20-10-7-13-5-8-19-9-6-13/h5-6,8-9,14-16H,2-4,7,10-12,18H2,1H3,(H,20,21)/t14-,15+,16+/m0/s1. The van der Waals surface area contributed by atoms with E-state index in [9.17, 15) is 4.79 Å². The minimum atomic E-state index is -0.0313. The van der Waals surface area contributed by atoms with Crippen molar-refractivity contribution < 1.29 is 9.53 Å². The molecule has 1 aromatic rings. The second kappa shape index (κ2) is 8.86. The predicted molar refractivity (Wildman–Crippen MR) is 86.3 cm³/mol. The SMILES string of the molecule is CCCO[C@@H]1CC[C@H](C(=O)NCCc2ccncc2)C[C@H]1N. The van der Waals surface area contributed by atoms with E-state index in [1.807, 2.05) is 12.1 Å². The summed E-state index contributed by atoms with van der Waals surface area (Å²) in [5.74, 6) is 0.146. The van der Waals surface area contributed by atoms with E-state index in [-0.39, 0.29) is 24.0 Å². The summed E-state index contributed by atoms with van der Waals surface area (Å²) >= 11 is 0. The summed E-state index contributed by atoms with van der Waals surface area (Å²) < 4.78 is 5.75. The molecule has 0 spiro atoms. The van der Waals surface area contributed by atoms with Crippen molar-refractivity contribution >= 4 is 5.91 Å². The molecule has 0 aromatic carbocycles. The number of ether oxygens (including phenoxy) is 1. The number of amides is 1. The van der Waals surface area contributed by atoms with Gasteiger partial charge in [-0.15, -0.1) is 0 Å². The number of rotatable bonds is 7. The first-order chi connectivity index (χ1) is 10.7. The van der Waals surface area contributed by atoms with Crippen LogP contribution in [0.5, 0.6) is 0 Å². The van der Waals surface area contributed by atoms with Gasteiger partial charge in [-0.05, 0) is 49.8 Å². The first kappa shape index (κ1) is 16.9. The van der Waals surface area contributed by atoms with Crippen LogP contribution in [0, 0.1) is 5.92 Å². The number of carbonyl (C=O) groups excluding carboxylic acids is 1. The lowest BCUT2D eigenvalue weighted by Crippen LogP contribution is -2.46. The highest BCUT2D eigenvalue weighted by atomic mass is 16.5. The largest absolute Gasteiger partial charge is 0.377 e. The molecule has 0 bridgehead atoms. The highest BCUT2D eigenvalue weighted by Gasteiger charge is 2.32. The number of nitrogens with zero attached hydrogens (tertiary/aromatic N) is 1. The average Bonchev–Trinajstić information content (AvgIpc) is 2.54. The molecule has 1 aliphatic carbocycles. The van der Waals surface area contributed by atoms with Gasteiger partial charge in [0.15, 0.2) is 0 Å². The van der Waals surface area contributed by atoms with Gasteiger partial charge in [0.2, 0.25) is 5.91 Å². The molecule has 0 unspecified atom stereocenters. The van der Waals surface area contributed by atoms with Crippen LogP contribution in [0.15, 0.2) is 24.5 Å². The Morgan fingerprint density at radius 1 is 1.41 bits per heavy atom. The van der Waals surface area contributed by atoms with E-state index in [1.54, 1.807) is 12.4 Å². The molecular formula is C17H27N3O2. The van der Waals surface area contributed by atoms with Crippen molar-refractivity contribution in [2.75, 3.05) is 13.2 Å². The van der Waals surface area contributed by atoms with Gasteiger partial charge in [0, 0.05) is 37.5 Å². The van der Waals surface area contributed by atoms with Gasteiger partial charge >= 0.3 is 0 Å². The molecule has 1 aromatic heterocycles. The fourth-order valence-corrected chi connectivity index (χ4v) is 2.92. The second-order valence-corrected chi connectivity index (χ2v) is 5.98. The van der Waals surface area contributed by atoms with Crippen molar-refractivity contribution in [3.05, 3.63) is 30.1 Å². The maximum atomic E-state index is 12.2. The van der Waals surface area contributed by atoms with Crippen LogP contribution in [-0.4, -0.2) is 36.2 Å². The first-order valence-electron chi connectivity index (χ1n) is 8.24. The molecule has 5 nitrogen and oxygen atoms in total. The predicted octanol–water partition coefficient (Wildman–Crippen LogP) is 1.66. The zero-order valence-corrected chi connectivity index (χ0v) is 13.3. The Bertz CT molecular complexity index is 452. The van der Waals surface area contributed by atoms with Crippen molar-refractivity contribution in [3.63, 3.8) is 0 Å². The molecule has 0 saturated heterocycles. The van der Waals surface area contributed by atoms with Crippen LogP contribution in [-0.2, 0) is 16.0 Å². The topological polar surface area (TPSA) is 77.2 Å². The Balaban J connectivity index is 1.70. The van der Waals surface area contributed by atoms with Crippen LogP contribution in [0.2, 0.25) is 0 Å². The van der Waals surface area contributed by atoms with Crippen molar-refractivity contribution in [1.29, 1.82) is 0 Å². The Morgan fingerprint density at radius 3 is 2.86 bits per heavy atom. The molecule has 2 rings (SSSR count). The normalized spacial score (nSPS) is 24.9. The Kier molecular flexibility index (Phi) is 6.80. The maximum absolute atomic E-state index is 12.2. The average molecular weight is 305 g/mol. The van der Waals surface area contributed by atoms with E-state index >= 15 is 0 Å². The zero-order valence-electron chi connectivity index (χ0n) is 13.3. The minimum Gasteiger partial charge on any atom is -0.377 e. The summed E-state index contributed by atoms with van der Waals surface area (Å²) in [4.78, 5) is 16.2. The molecule has 0 radical (unpaired) electrons. The number of carbonyl (C=O) groups is 1. The lowest BCUT2D eigenvalue weighted by atomic mass is 9.83. The molecule has 22 heavy (non-hydrogen) atoms. The van der Waals surface area contributed by atoms with Gasteiger partial charge in [-0.1, -0.05) is 6.92 Å². The van der Waals surface area contributed by atoms with Gasteiger partial charge in [-0.2, -0.15) is 0 Å². The molecule has 3 N–H and O–H groups in total. The van der Waals surface area contributed by atoms with Gasteiger partial charge < -0.3 is 15.8 Å². The van der Waals surface area contributed by atoms with E-state index in [0.29, 0.717) is 6.54 Å². The van der Waals surface area contributed by atoms with Gasteiger partial charge in [0.05, 0.1) is 6.10 Å². The van der Waals surface area contributed by atoms with Crippen molar-refractivity contribution in [2.45, 2.75) is 51.2 Å². The molecule has 3 atom stereocenters. The second-order valence-electron chi connectivity index (χ2n) is 5.98. The highest BCUT2D eigenvalue weighted by Crippen LogP contribution is 2.25. The minimum absolute atomic E-state index is 0.0221. The number of pyridine rings is 1. The number of aromatic nitrogens is 1. The number of hydrogen-bond donors (Lipinski definition) is 2. The summed E-state index contributed by atoms with van der Waals surface area (Å²) in [6.07, 6.45) is 7.95. The molecule has 5 heteroatoms. The lowest BCUT2D eigenvalue weighted by Gasteiger charge is -2.33. The third-order valence-corrected chi connectivity index (χ3v) is 4.20. The quantitative estimate of drug-likeness (QED) is 0.803. The molecule has 1 fully saturated rings. The van der Waals surface area contributed by atoms with E-state index < -0.39 is 0 Å². The molecule has 0 aliphatic heterocycles. The first-order valence-corrected chi connectivity index (χ1v) is 8.24. The van der Waals surface area contributed by atoms with Crippen LogP contribution < -0.4 is 11.1 Å². The third-order valence-electron chi connectivity index (χ3n) is 4.20. The fraction of sp³-hybridized carbons (Fsp3) is 0.647. The van der Waals surface area contributed by atoms with E-state index in [4.69, 9.17) is 10.5 Å². The summed E-state index contributed by atoms with van der Waals surface area (Å²) in [7, 11) is 0. The summed E-state index contributed by atoms with van der Waals surface area (Å²) in [6.45, 7) is 3.50. The van der Waals surface area contributed by atoms with Gasteiger partial charge in [0.25, 0.3) is 0 Å². The van der Waals surface area contributed by atoms with E-state index in [0.717, 1.165) is 38.7 Å². The molecule has 1 aliphatic rings. The van der Waals surface area contributed by atoms with Crippen LogP contribution >= 0.6 is 0 Å². The third kappa shape index (κ3) is 5.07. The fourth-order valence-electron chi connectivity index (χ4n) is 2.92. The Morgan fingerprint density at radius 2 is 2.18 bits per heavy atom. The molecule has 1 saturated carbocycles. The van der Waals surface area contributed by atoms with E-state index in [2.05, 4.69) is 17.2 Å². The number of nitrogens with one attached hydrogen (secondary N) is 1. The van der Waals surface area contributed by atoms with Crippen molar-refractivity contribution in [3.8, 4) is 0 Å². The summed E-state index contributed by atoms with van der Waals surface area (Å²) in [5.41, 5.74) is 7.34. The number of hydrogen-bond acceptors (Lipinski definition) is 4. The van der Waals surface area contributed by atoms with Crippen LogP contribution in [0.1, 0.15) is 38.2 Å². The van der Waals surface area contributed by atoms with Gasteiger partial charge in [-0.3, -0.25) is 9.78 Å². The Labute approximate surface area is 132 Å². The number of nitrogens with two attached hydrogens (primary N) is 1. The molecular weight excluding hydrogens is 278 g/mol. The van der Waals surface area contributed by atoms with Gasteiger partial charge in [-0.25, -0.2) is 0 Å².